The maximum Gasteiger partial charge on any atom is 0.184 e. The second kappa shape index (κ2) is 6.18. The van der Waals surface area contributed by atoms with Gasteiger partial charge in [0.2, 0.25) is 0 Å². The molecule has 2 aromatic carbocycles. The number of phenolic OH excluding ortho intramolecular Hbond substituents is 1. The van der Waals surface area contributed by atoms with E-state index in [1.807, 2.05) is 48.8 Å². The minimum atomic E-state index is 0.160. The Morgan fingerprint density at radius 2 is 1.77 bits per heavy atom. The summed E-state index contributed by atoms with van der Waals surface area (Å²) in [6.07, 6.45) is 3.62. The molecule has 4 nitrogen and oxygen atoms in total. The van der Waals surface area contributed by atoms with Crippen LogP contribution in [0.2, 0.25) is 0 Å². The van der Waals surface area contributed by atoms with Crippen molar-refractivity contribution < 1.29 is 9.84 Å². The van der Waals surface area contributed by atoms with E-state index in [0.717, 1.165) is 16.4 Å². The lowest BCUT2D eigenvalue weighted by atomic mass is 10.2. The minimum Gasteiger partial charge on any atom is -0.504 e. The Labute approximate surface area is 128 Å². The van der Waals surface area contributed by atoms with Gasteiger partial charge in [-0.15, -0.1) is 0 Å². The Hall–Kier alpha value is -3.01. The van der Waals surface area contributed by atoms with Crippen molar-refractivity contribution in [3.8, 4) is 11.5 Å². The first-order valence-corrected chi connectivity index (χ1v) is 6.92. The molecule has 22 heavy (non-hydrogen) atoms. The molecule has 4 rings (SSSR count). The molecular weight excluding hydrogens is 276 g/mol. The Bertz CT molecular complexity index is 834. The number of hydrogen-bond acceptors (Lipinski definition) is 3. The molecule has 2 N–H and O–H groups in total. The number of phenols is 1. The quantitative estimate of drug-likeness (QED) is 0.555. The van der Waals surface area contributed by atoms with Gasteiger partial charge in [-0.2, -0.15) is 0 Å². The summed E-state index contributed by atoms with van der Waals surface area (Å²) in [5.41, 5.74) is 1.89. The average molecular weight is 292 g/mol. The number of aromatic hydroxyl groups is 1. The first-order valence-electron chi connectivity index (χ1n) is 6.92. The summed E-state index contributed by atoms with van der Waals surface area (Å²) in [6.45, 7) is 0. The van der Waals surface area contributed by atoms with E-state index in [1.165, 1.54) is 12.5 Å². The molecule has 0 unspecified atom stereocenters. The summed E-state index contributed by atoms with van der Waals surface area (Å²) in [5, 5.41) is 11.6. The van der Waals surface area contributed by atoms with Gasteiger partial charge in [-0.1, -0.05) is 24.3 Å². The largest absolute Gasteiger partial charge is 0.504 e. The summed E-state index contributed by atoms with van der Waals surface area (Å²) in [7, 11) is 1.54. The summed E-state index contributed by atoms with van der Waals surface area (Å²) >= 11 is 0. The SMILES string of the molecule is COc1c(O)ccc2cc[nH]c12.c1ccc2ncccc2c1. The Morgan fingerprint density at radius 3 is 2.59 bits per heavy atom. The molecule has 4 heteroatoms. The van der Waals surface area contributed by atoms with E-state index >= 15 is 0 Å². The first-order chi connectivity index (χ1) is 10.8. The van der Waals surface area contributed by atoms with Crippen LogP contribution in [-0.4, -0.2) is 22.2 Å². The van der Waals surface area contributed by atoms with Crippen LogP contribution in [0.25, 0.3) is 21.8 Å². The molecule has 0 aliphatic heterocycles. The third-order valence-electron chi connectivity index (χ3n) is 3.38. The molecule has 0 aliphatic rings. The minimum absolute atomic E-state index is 0.160. The number of H-pyrrole nitrogens is 1. The second-order valence-corrected chi connectivity index (χ2v) is 4.76. The van der Waals surface area contributed by atoms with Gasteiger partial charge in [-0.3, -0.25) is 4.98 Å². The molecule has 0 saturated heterocycles. The van der Waals surface area contributed by atoms with Crippen LogP contribution in [0.4, 0.5) is 0 Å². The van der Waals surface area contributed by atoms with Crippen molar-refractivity contribution in [2.45, 2.75) is 0 Å². The van der Waals surface area contributed by atoms with E-state index < -0.39 is 0 Å². The van der Waals surface area contributed by atoms with Gasteiger partial charge in [0.1, 0.15) is 0 Å². The highest BCUT2D eigenvalue weighted by Gasteiger charge is 2.06. The number of methoxy groups -OCH3 is 1. The van der Waals surface area contributed by atoms with Crippen molar-refractivity contribution in [2.24, 2.45) is 0 Å². The normalized spacial score (nSPS) is 10.2. The highest BCUT2D eigenvalue weighted by Crippen LogP contribution is 2.32. The molecule has 0 spiro atoms. The van der Waals surface area contributed by atoms with Crippen LogP contribution in [0, 0.1) is 0 Å². The average Bonchev–Trinajstić information content (AvgIpc) is 3.04. The van der Waals surface area contributed by atoms with Gasteiger partial charge in [0.15, 0.2) is 11.5 Å². The fraction of sp³-hybridized carbons (Fsp3) is 0.0556. The van der Waals surface area contributed by atoms with E-state index in [1.54, 1.807) is 6.07 Å². The number of para-hydroxylation sites is 1. The van der Waals surface area contributed by atoms with Crippen LogP contribution in [0.3, 0.4) is 0 Å². The molecule has 0 radical (unpaired) electrons. The van der Waals surface area contributed by atoms with Crippen LogP contribution < -0.4 is 4.74 Å². The molecular formula is C18H16N2O2. The molecule has 2 aromatic heterocycles. The lowest BCUT2D eigenvalue weighted by Gasteiger charge is -2.03. The first kappa shape index (κ1) is 13.9. The van der Waals surface area contributed by atoms with Gasteiger partial charge in [-0.25, -0.2) is 0 Å². The fourth-order valence-corrected chi connectivity index (χ4v) is 2.31. The third-order valence-corrected chi connectivity index (χ3v) is 3.38. The Kier molecular flexibility index (Phi) is 3.92. The van der Waals surface area contributed by atoms with Gasteiger partial charge in [0.05, 0.1) is 18.1 Å². The maximum atomic E-state index is 9.38. The van der Waals surface area contributed by atoms with Gasteiger partial charge in [-0.05, 0) is 30.3 Å². The zero-order chi connectivity index (χ0) is 15.4. The summed E-state index contributed by atoms with van der Waals surface area (Å²) in [5.74, 6) is 0.657. The van der Waals surface area contributed by atoms with Crippen LogP contribution in [-0.2, 0) is 0 Å². The second-order valence-electron chi connectivity index (χ2n) is 4.76. The molecule has 0 atom stereocenters. The number of benzene rings is 2. The number of ether oxygens (including phenoxy) is 1. The van der Waals surface area contributed by atoms with E-state index in [4.69, 9.17) is 4.74 Å². The number of aromatic nitrogens is 2. The van der Waals surface area contributed by atoms with Crippen molar-refractivity contribution in [1.29, 1.82) is 0 Å². The number of nitrogens with zero attached hydrogens (tertiary/aromatic N) is 1. The molecule has 0 saturated carbocycles. The summed E-state index contributed by atoms with van der Waals surface area (Å²) < 4.78 is 5.04. The van der Waals surface area contributed by atoms with Crippen LogP contribution >= 0.6 is 0 Å². The van der Waals surface area contributed by atoms with Crippen molar-refractivity contribution in [3.63, 3.8) is 0 Å². The van der Waals surface area contributed by atoms with Crippen molar-refractivity contribution in [2.75, 3.05) is 7.11 Å². The van der Waals surface area contributed by atoms with Gasteiger partial charge in [0, 0.05) is 23.2 Å². The zero-order valence-corrected chi connectivity index (χ0v) is 12.2. The van der Waals surface area contributed by atoms with E-state index in [0.29, 0.717) is 5.75 Å². The van der Waals surface area contributed by atoms with Crippen LogP contribution in [0.5, 0.6) is 11.5 Å². The molecule has 0 fully saturated rings. The molecule has 2 heterocycles. The fourth-order valence-electron chi connectivity index (χ4n) is 2.31. The van der Waals surface area contributed by atoms with E-state index in [2.05, 4.69) is 22.1 Å². The van der Waals surface area contributed by atoms with Crippen molar-refractivity contribution in [3.05, 3.63) is 67.0 Å². The summed E-state index contributed by atoms with van der Waals surface area (Å²) in [6, 6.07) is 17.5. The topological polar surface area (TPSA) is 58.1 Å². The molecule has 110 valence electrons. The molecule has 0 aliphatic carbocycles. The van der Waals surface area contributed by atoms with Gasteiger partial charge in [0.25, 0.3) is 0 Å². The van der Waals surface area contributed by atoms with Crippen molar-refractivity contribution >= 4 is 21.8 Å². The predicted molar refractivity (Wildman–Crippen MR) is 88.3 cm³/mol. The standard InChI is InChI=1S/C9H9NO2.C9H7N/c1-12-9-7(11)3-2-6-4-5-10-8(6)9;1-2-6-9-8(4-1)5-3-7-10-9/h2-5,10-11H,1H3;1-7H. The van der Waals surface area contributed by atoms with Gasteiger partial charge >= 0.3 is 0 Å². The number of rotatable bonds is 1. The number of hydrogen-bond donors (Lipinski definition) is 2. The Morgan fingerprint density at radius 1 is 0.955 bits per heavy atom. The van der Waals surface area contributed by atoms with Crippen molar-refractivity contribution in [1.82, 2.24) is 9.97 Å². The zero-order valence-electron chi connectivity index (χ0n) is 12.2. The Balaban J connectivity index is 0.000000133. The molecule has 0 amide bonds. The lowest BCUT2D eigenvalue weighted by Crippen LogP contribution is -1.84. The van der Waals surface area contributed by atoms with Crippen LogP contribution in [0.15, 0.2) is 67.0 Å². The summed E-state index contributed by atoms with van der Waals surface area (Å²) in [4.78, 5) is 7.18. The smallest absolute Gasteiger partial charge is 0.184 e. The molecule has 0 bridgehead atoms. The predicted octanol–water partition coefficient (Wildman–Crippen LogP) is 4.12. The van der Waals surface area contributed by atoms with E-state index in [-0.39, 0.29) is 5.75 Å². The number of aromatic amines is 1. The third kappa shape index (κ3) is 2.72. The number of fused-ring (bicyclic) bond motifs is 2. The number of nitrogens with one attached hydrogen (secondary N) is 1. The highest BCUT2D eigenvalue weighted by molar-refractivity contribution is 5.87. The van der Waals surface area contributed by atoms with E-state index in [9.17, 15) is 5.11 Å². The lowest BCUT2D eigenvalue weighted by molar-refractivity contribution is 0.377. The van der Waals surface area contributed by atoms with Crippen LogP contribution in [0.1, 0.15) is 0 Å². The van der Waals surface area contributed by atoms with Gasteiger partial charge < -0.3 is 14.8 Å². The highest BCUT2D eigenvalue weighted by atomic mass is 16.5. The molecule has 4 aromatic rings. The number of pyridine rings is 1. The monoisotopic (exact) mass is 292 g/mol. The maximum absolute atomic E-state index is 9.38.